The molecule has 0 radical (unpaired) electrons. The third-order valence-corrected chi connectivity index (χ3v) is 4.45. The maximum atomic E-state index is 13.0. The number of alkyl halides is 2. The molecule has 0 spiro atoms. The molecule has 122 valence electrons. The van der Waals surface area contributed by atoms with E-state index in [1.165, 1.54) is 0 Å². The van der Waals surface area contributed by atoms with Crippen molar-refractivity contribution in [3.8, 4) is 0 Å². The lowest BCUT2D eigenvalue weighted by atomic mass is 9.84. The SMILES string of the molecule is CN1CCC([C@H]2OCC[C@@H]2C(=O)NCC(F)(F)CO)CC1. The van der Waals surface area contributed by atoms with Crippen molar-refractivity contribution < 1.29 is 23.4 Å². The van der Waals surface area contributed by atoms with Crippen LogP contribution in [0.15, 0.2) is 0 Å². The Kier molecular flexibility index (Phi) is 5.51. The smallest absolute Gasteiger partial charge is 0.287 e. The monoisotopic (exact) mass is 306 g/mol. The second kappa shape index (κ2) is 6.98. The first-order valence-electron chi connectivity index (χ1n) is 7.49. The molecule has 0 bridgehead atoms. The number of aliphatic hydroxyl groups excluding tert-OH is 1. The minimum Gasteiger partial charge on any atom is -0.390 e. The highest BCUT2D eigenvalue weighted by molar-refractivity contribution is 5.79. The Bertz CT molecular complexity index is 360. The molecule has 2 aliphatic heterocycles. The summed E-state index contributed by atoms with van der Waals surface area (Å²) in [6.45, 7) is 0.375. The first kappa shape index (κ1) is 16.6. The van der Waals surface area contributed by atoms with E-state index in [1.807, 2.05) is 0 Å². The summed E-state index contributed by atoms with van der Waals surface area (Å²) in [5.74, 6) is -3.69. The zero-order valence-corrected chi connectivity index (χ0v) is 12.4. The molecule has 2 heterocycles. The molecule has 0 aromatic carbocycles. The summed E-state index contributed by atoms with van der Waals surface area (Å²) in [6, 6.07) is 0. The van der Waals surface area contributed by atoms with E-state index in [9.17, 15) is 13.6 Å². The molecule has 0 saturated carbocycles. The van der Waals surface area contributed by atoms with Crippen LogP contribution in [-0.4, -0.2) is 67.8 Å². The third-order valence-electron chi connectivity index (χ3n) is 4.45. The molecule has 2 atom stereocenters. The summed E-state index contributed by atoms with van der Waals surface area (Å²) >= 11 is 0. The van der Waals surface area contributed by atoms with Gasteiger partial charge in [-0.3, -0.25) is 4.79 Å². The molecule has 2 N–H and O–H groups in total. The standard InChI is InChI=1S/C14H24F2N2O3/c1-18-5-2-10(3-6-18)12-11(4-7-21-12)13(20)17-8-14(15,16)9-19/h10-12,19H,2-9H2,1H3,(H,17,20)/t11-,12+/m0/s1. The minimum absolute atomic E-state index is 0.165. The topological polar surface area (TPSA) is 61.8 Å². The Morgan fingerprint density at radius 2 is 2.05 bits per heavy atom. The minimum atomic E-state index is -3.27. The molecule has 7 heteroatoms. The number of hydrogen-bond acceptors (Lipinski definition) is 4. The van der Waals surface area contributed by atoms with Crippen molar-refractivity contribution in [1.29, 1.82) is 0 Å². The van der Waals surface area contributed by atoms with E-state index >= 15 is 0 Å². The number of nitrogens with one attached hydrogen (secondary N) is 1. The summed E-state index contributed by atoms with van der Waals surface area (Å²) in [4.78, 5) is 14.3. The fourth-order valence-corrected chi connectivity index (χ4v) is 3.12. The molecule has 0 aromatic rings. The summed E-state index contributed by atoms with van der Waals surface area (Å²) in [5.41, 5.74) is 0. The molecule has 5 nitrogen and oxygen atoms in total. The van der Waals surface area contributed by atoms with Crippen LogP contribution in [0, 0.1) is 11.8 Å². The highest BCUT2D eigenvalue weighted by Crippen LogP contribution is 2.33. The summed E-state index contributed by atoms with van der Waals surface area (Å²) in [5, 5.41) is 10.8. The van der Waals surface area contributed by atoms with Gasteiger partial charge in [-0.25, -0.2) is 8.78 Å². The van der Waals surface area contributed by atoms with Crippen LogP contribution in [0.25, 0.3) is 0 Å². The van der Waals surface area contributed by atoms with Crippen molar-refractivity contribution in [1.82, 2.24) is 10.2 Å². The van der Waals surface area contributed by atoms with E-state index in [0.29, 0.717) is 18.9 Å². The predicted molar refractivity (Wildman–Crippen MR) is 73.1 cm³/mol. The lowest BCUT2D eigenvalue weighted by Crippen LogP contribution is -2.45. The molecule has 2 saturated heterocycles. The molecule has 0 unspecified atom stereocenters. The van der Waals surface area contributed by atoms with Crippen LogP contribution in [0.2, 0.25) is 0 Å². The van der Waals surface area contributed by atoms with Gasteiger partial charge >= 0.3 is 0 Å². The number of aliphatic hydroxyl groups is 1. The number of halogens is 2. The zero-order valence-electron chi connectivity index (χ0n) is 12.4. The third kappa shape index (κ3) is 4.34. The van der Waals surface area contributed by atoms with Crippen molar-refractivity contribution in [2.75, 3.05) is 39.9 Å². The quantitative estimate of drug-likeness (QED) is 0.775. The number of ether oxygens (including phenoxy) is 1. The van der Waals surface area contributed by atoms with Crippen LogP contribution in [-0.2, 0) is 9.53 Å². The fourth-order valence-electron chi connectivity index (χ4n) is 3.12. The average Bonchev–Trinajstić information content (AvgIpc) is 2.95. The van der Waals surface area contributed by atoms with Gasteiger partial charge in [0.15, 0.2) is 0 Å². The number of carbonyl (C=O) groups excluding carboxylic acids is 1. The Labute approximate surface area is 123 Å². The predicted octanol–water partition coefficient (Wildman–Crippen LogP) is 0.477. The Hall–Kier alpha value is -0.790. The molecule has 0 aliphatic carbocycles. The van der Waals surface area contributed by atoms with Gasteiger partial charge in [-0.05, 0) is 45.3 Å². The van der Waals surface area contributed by atoms with Gasteiger partial charge in [0.1, 0.15) is 6.61 Å². The Morgan fingerprint density at radius 1 is 1.38 bits per heavy atom. The van der Waals surface area contributed by atoms with Gasteiger partial charge in [0, 0.05) is 6.61 Å². The Balaban J connectivity index is 1.87. The second-order valence-corrected chi connectivity index (χ2v) is 6.10. The maximum absolute atomic E-state index is 13.0. The molecule has 2 fully saturated rings. The first-order chi connectivity index (χ1) is 9.93. The van der Waals surface area contributed by atoms with E-state index in [1.54, 1.807) is 0 Å². The van der Waals surface area contributed by atoms with E-state index in [-0.39, 0.29) is 17.9 Å². The van der Waals surface area contributed by atoms with Gasteiger partial charge in [0.05, 0.1) is 18.6 Å². The maximum Gasteiger partial charge on any atom is 0.287 e. The average molecular weight is 306 g/mol. The van der Waals surface area contributed by atoms with Crippen molar-refractivity contribution in [3.63, 3.8) is 0 Å². The summed E-state index contributed by atoms with van der Waals surface area (Å²) < 4.78 is 31.7. The highest BCUT2D eigenvalue weighted by atomic mass is 19.3. The molecular weight excluding hydrogens is 282 g/mol. The zero-order chi connectivity index (χ0) is 15.5. The highest BCUT2D eigenvalue weighted by Gasteiger charge is 2.40. The molecule has 2 rings (SSSR count). The van der Waals surface area contributed by atoms with Crippen LogP contribution in [0.3, 0.4) is 0 Å². The lowest BCUT2D eigenvalue weighted by Gasteiger charge is -2.34. The number of amides is 1. The summed E-state index contributed by atoms with van der Waals surface area (Å²) in [6.07, 6.45) is 2.35. The fraction of sp³-hybridized carbons (Fsp3) is 0.929. The molecule has 21 heavy (non-hydrogen) atoms. The van der Waals surface area contributed by atoms with E-state index < -0.39 is 19.1 Å². The first-order valence-corrected chi connectivity index (χ1v) is 7.49. The molecule has 2 aliphatic rings. The van der Waals surface area contributed by atoms with Crippen molar-refractivity contribution in [2.24, 2.45) is 11.8 Å². The van der Waals surface area contributed by atoms with Crippen LogP contribution in [0.5, 0.6) is 0 Å². The van der Waals surface area contributed by atoms with Crippen LogP contribution in [0.1, 0.15) is 19.3 Å². The number of carbonyl (C=O) groups is 1. The van der Waals surface area contributed by atoms with Crippen LogP contribution in [0.4, 0.5) is 8.78 Å². The number of piperidine rings is 1. The van der Waals surface area contributed by atoms with E-state index in [2.05, 4.69) is 17.3 Å². The van der Waals surface area contributed by atoms with Gasteiger partial charge in [-0.15, -0.1) is 0 Å². The van der Waals surface area contributed by atoms with E-state index in [4.69, 9.17) is 9.84 Å². The van der Waals surface area contributed by atoms with Crippen molar-refractivity contribution >= 4 is 5.91 Å². The van der Waals surface area contributed by atoms with E-state index in [0.717, 1.165) is 25.9 Å². The molecule has 1 amide bonds. The summed E-state index contributed by atoms with van der Waals surface area (Å²) in [7, 11) is 2.06. The lowest BCUT2D eigenvalue weighted by molar-refractivity contribution is -0.131. The second-order valence-electron chi connectivity index (χ2n) is 6.10. The normalized spacial score (nSPS) is 28.8. The number of hydrogen-bond donors (Lipinski definition) is 2. The molecule has 0 aromatic heterocycles. The van der Waals surface area contributed by atoms with Crippen LogP contribution >= 0.6 is 0 Å². The van der Waals surface area contributed by atoms with Gasteiger partial charge in [-0.2, -0.15) is 0 Å². The van der Waals surface area contributed by atoms with Gasteiger partial charge in [0.25, 0.3) is 5.92 Å². The largest absolute Gasteiger partial charge is 0.390 e. The van der Waals surface area contributed by atoms with Crippen molar-refractivity contribution in [2.45, 2.75) is 31.3 Å². The van der Waals surface area contributed by atoms with Crippen molar-refractivity contribution in [3.05, 3.63) is 0 Å². The van der Waals surface area contributed by atoms with Gasteiger partial charge in [-0.1, -0.05) is 0 Å². The number of nitrogens with zero attached hydrogens (tertiary/aromatic N) is 1. The van der Waals surface area contributed by atoms with Gasteiger partial charge in [0.2, 0.25) is 5.91 Å². The van der Waals surface area contributed by atoms with Gasteiger partial charge < -0.3 is 20.1 Å². The molecular formula is C14H24F2N2O3. The Morgan fingerprint density at radius 3 is 2.67 bits per heavy atom. The number of likely N-dealkylation sites (tertiary alicyclic amines) is 1. The number of rotatable bonds is 5. The van der Waals surface area contributed by atoms with Crippen LogP contribution < -0.4 is 5.32 Å².